The molecular weight excluding hydrogens is 176 g/mol. The second-order valence-corrected chi connectivity index (χ2v) is 3.92. The summed E-state index contributed by atoms with van der Waals surface area (Å²) < 4.78 is 0. The molecule has 0 radical (unpaired) electrons. The fourth-order valence-corrected chi connectivity index (χ4v) is 2.24. The molecule has 0 saturated carbocycles. The smallest absolute Gasteiger partial charge is 0.180 e. The third kappa shape index (κ3) is 1.27. The van der Waals surface area contributed by atoms with Crippen LogP contribution in [0.15, 0.2) is 23.0 Å². The summed E-state index contributed by atoms with van der Waals surface area (Å²) >= 11 is 3.20. The van der Waals surface area contributed by atoms with Crippen molar-refractivity contribution in [2.75, 3.05) is 5.73 Å². The van der Waals surface area contributed by atoms with Gasteiger partial charge in [-0.1, -0.05) is 11.3 Å². The largest absolute Gasteiger partial charge is 0.375 e. The number of nitrogens with zero attached hydrogens (tertiary/aromatic N) is 1. The lowest BCUT2D eigenvalue weighted by Crippen LogP contribution is -1.77. The highest BCUT2D eigenvalue weighted by atomic mass is 32.1. The molecule has 0 aliphatic rings. The van der Waals surface area contributed by atoms with Gasteiger partial charge >= 0.3 is 0 Å². The van der Waals surface area contributed by atoms with Crippen molar-refractivity contribution in [2.45, 2.75) is 0 Å². The fourth-order valence-electron chi connectivity index (χ4n) is 0.826. The third-order valence-electron chi connectivity index (χ3n) is 1.33. The van der Waals surface area contributed by atoms with Crippen molar-refractivity contribution < 1.29 is 0 Å². The van der Waals surface area contributed by atoms with Crippen molar-refractivity contribution in [3.63, 3.8) is 0 Å². The number of thiophene rings is 1. The van der Waals surface area contributed by atoms with Gasteiger partial charge in [-0.3, -0.25) is 0 Å². The number of hydrogen-bond acceptors (Lipinski definition) is 4. The lowest BCUT2D eigenvalue weighted by Gasteiger charge is -1.84. The van der Waals surface area contributed by atoms with E-state index in [-0.39, 0.29) is 0 Å². The maximum Gasteiger partial charge on any atom is 0.180 e. The first-order valence-electron chi connectivity index (χ1n) is 3.10. The Hall–Kier alpha value is -0.870. The van der Waals surface area contributed by atoms with Gasteiger partial charge in [0.15, 0.2) is 5.13 Å². The summed E-state index contributed by atoms with van der Waals surface area (Å²) in [5, 5.41) is 4.77. The van der Waals surface area contributed by atoms with E-state index in [2.05, 4.69) is 16.4 Å². The summed E-state index contributed by atoms with van der Waals surface area (Å²) in [6.45, 7) is 0. The molecule has 0 aliphatic heterocycles. The van der Waals surface area contributed by atoms with Crippen LogP contribution in [0.4, 0.5) is 5.13 Å². The summed E-state index contributed by atoms with van der Waals surface area (Å²) in [6.07, 6.45) is 1.81. The number of nitrogens with two attached hydrogens (primary N) is 1. The molecule has 0 bridgehead atoms. The Kier molecular flexibility index (Phi) is 1.63. The molecule has 2 aromatic rings. The van der Waals surface area contributed by atoms with Crippen LogP contribution in [-0.2, 0) is 0 Å². The van der Waals surface area contributed by atoms with Gasteiger partial charge in [-0.2, -0.15) is 11.3 Å². The van der Waals surface area contributed by atoms with Crippen molar-refractivity contribution in [1.29, 1.82) is 0 Å². The monoisotopic (exact) mass is 182 g/mol. The zero-order valence-corrected chi connectivity index (χ0v) is 7.28. The molecule has 0 aliphatic carbocycles. The zero-order chi connectivity index (χ0) is 7.68. The quantitative estimate of drug-likeness (QED) is 0.735. The van der Waals surface area contributed by atoms with Gasteiger partial charge in [-0.05, 0) is 16.8 Å². The minimum absolute atomic E-state index is 0.631. The molecule has 0 spiro atoms. The van der Waals surface area contributed by atoms with Gasteiger partial charge in [-0.15, -0.1) is 0 Å². The number of anilines is 1. The minimum Gasteiger partial charge on any atom is -0.375 e. The SMILES string of the molecule is Nc1ncc(-c2ccsc2)s1. The molecule has 0 unspecified atom stereocenters. The van der Waals surface area contributed by atoms with E-state index in [0.717, 1.165) is 4.88 Å². The summed E-state index contributed by atoms with van der Waals surface area (Å²) in [6, 6.07) is 2.07. The highest BCUT2D eigenvalue weighted by molar-refractivity contribution is 7.19. The molecule has 0 saturated heterocycles. The maximum absolute atomic E-state index is 5.50. The molecular formula is C7H6N2S2. The van der Waals surface area contributed by atoms with Gasteiger partial charge in [0.25, 0.3) is 0 Å². The van der Waals surface area contributed by atoms with Crippen LogP contribution < -0.4 is 5.73 Å². The van der Waals surface area contributed by atoms with Crippen LogP contribution in [0.3, 0.4) is 0 Å². The van der Waals surface area contributed by atoms with Crippen molar-refractivity contribution in [1.82, 2.24) is 4.98 Å². The van der Waals surface area contributed by atoms with Crippen LogP contribution in [0.2, 0.25) is 0 Å². The van der Waals surface area contributed by atoms with Gasteiger partial charge in [0, 0.05) is 11.8 Å². The number of rotatable bonds is 1. The lowest BCUT2D eigenvalue weighted by atomic mass is 10.3. The Labute approximate surface area is 72.3 Å². The Balaban J connectivity index is 2.45. The first kappa shape index (κ1) is 6.82. The Morgan fingerprint density at radius 2 is 2.36 bits per heavy atom. The van der Waals surface area contributed by atoms with Crippen molar-refractivity contribution in [2.24, 2.45) is 0 Å². The van der Waals surface area contributed by atoms with Crippen molar-refractivity contribution in [3.05, 3.63) is 23.0 Å². The van der Waals surface area contributed by atoms with E-state index < -0.39 is 0 Å². The number of thiazole rings is 1. The number of hydrogen-bond donors (Lipinski definition) is 1. The molecule has 0 amide bonds. The molecule has 2 aromatic heterocycles. The van der Waals surface area contributed by atoms with Crippen LogP contribution in [0, 0.1) is 0 Å². The molecule has 0 fully saturated rings. The van der Waals surface area contributed by atoms with Gasteiger partial charge in [-0.25, -0.2) is 4.98 Å². The average Bonchev–Trinajstić information content (AvgIpc) is 2.55. The van der Waals surface area contributed by atoms with Gasteiger partial charge in [0.1, 0.15) is 0 Å². The highest BCUT2D eigenvalue weighted by Crippen LogP contribution is 2.28. The molecule has 11 heavy (non-hydrogen) atoms. The van der Waals surface area contributed by atoms with E-state index in [4.69, 9.17) is 5.73 Å². The van der Waals surface area contributed by atoms with Crippen LogP contribution >= 0.6 is 22.7 Å². The van der Waals surface area contributed by atoms with Gasteiger partial charge < -0.3 is 5.73 Å². The molecule has 56 valence electrons. The van der Waals surface area contributed by atoms with E-state index in [1.165, 1.54) is 16.9 Å². The Bertz CT molecular complexity index is 337. The molecule has 0 aromatic carbocycles. The van der Waals surface area contributed by atoms with Crippen molar-refractivity contribution in [3.8, 4) is 10.4 Å². The number of aromatic nitrogens is 1. The van der Waals surface area contributed by atoms with E-state index in [1.54, 1.807) is 11.3 Å². The van der Waals surface area contributed by atoms with E-state index in [9.17, 15) is 0 Å². The average molecular weight is 182 g/mol. The maximum atomic E-state index is 5.50. The summed E-state index contributed by atoms with van der Waals surface area (Å²) in [4.78, 5) is 5.12. The predicted octanol–water partition coefficient (Wildman–Crippen LogP) is 2.45. The first-order chi connectivity index (χ1) is 5.36. The van der Waals surface area contributed by atoms with Crippen molar-refractivity contribution >= 4 is 27.8 Å². The highest BCUT2D eigenvalue weighted by Gasteiger charge is 2.00. The number of nitrogen functional groups attached to an aromatic ring is 1. The first-order valence-corrected chi connectivity index (χ1v) is 4.86. The van der Waals surface area contributed by atoms with Crippen LogP contribution in [0.1, 0.15) is 0 Å². The Morgan fingerprint density at radius 3 is 2.91 bits per heavy atom. The molecule has 2 heterocycles. The Morgan fingerprint density at radius 1 is 1.45 bits per heavy atom. The van der Waals surface area contributed by atoms with Gasteiger partial charge in [0.05, 0.1) is 4.88 Å². The molecule has 2 nitrogen and oxygen atoms in total. The molecule has 4 heteroatoms. The standard InChI is InChI=1S/C7H6N2S2/c8-7-9-3-6(11-7)5-1-2-10-4-5/h1-4H,(H2,8,9). The molecule has 0 atom stereocenters. The lowest BCUT2D eigenvalue weighted by molar-refractivity contribution is 1.43. The van der Waals surface area contributed by atoms with E-state index >= 15 is 0 Å². The zero-order valence-electron chi connectivity index (χ0n) is 5.65. The summed E-state index contributed by atoms with van der Waals surface area (Å²) in [5.74, 6) is 0. The van der Waals surface area contributed by atoms with Crippen LogP contribution in [0.25, 0.3) is 10.4 Å². The topological polar surface area (TPSA) is 38.9 Å². The van der Waals surface area contributed by atoms with Gasteiger partial charge in [0.2, 0.25) is 0 Å². The summed E-state index contributed by atoms with van der Waals surface area (Å²) in [5.41, 5.74) is 6.71. The van der Waals surface area contributed by atoms with Crippen LogP contribution in [0.5, 0.6) is 0 Å². The predicted molar refractivity (Wildman–Crippen MR) is 49.8 cm³/mol. The molecule has 2 N–H and O–H groups in total. The third-order valence-corrected chi connectivity index (χ3v) is 2.89. The second kappa shape index (κ2) is 2.64. The van der Waals surface area contributed by atoms with E-state index in [0.29, 0.717) is 5.13 Å². The van der Waals surface area contributed by atoms with E-state index in [1.807, 2.05) is 11.6 Å². The summed E-state index contributed by atoms with van der Waals surface area (Å²) in [7, 11) is 0. The molecule has 2 rings (SSSR count). The normalized spacial score (nSPS) is 10.2. The second-order valence-electron chi connectivity index (χ2n) is 2.07. The minimum atomic E-state index is 0.631. The fraction of sp³-hybridized carbons (Fsp3) is 0. The van der Waals surface area contributed by atoms with Crippen LogP contribution in [-0.4, -0.2) is 4.98 Å².